The first-order chi connectivity index (χ1) is 20.6. The van der Waals surface area contributed by atoms with Gasteiger partial charge in [0, 0.05) is 35.8 Å². The summed E-state index contributed by atoms with van der Waals surface area (Å²) in [5, 5.41) is 6.90. The number of halogens is 1. The smallest absolute Gasteiger partial charge is 0.294 e. The van der Waals surface area contributed by atoms with Crippen LogP contribution in [0.4, 0.5) is 0 Å². The minimum atomic E-state index is -1.39. The molecule has 1 aromatic heterocycles. The number of rotatable bonds is 8. The Hall–Kier alpha value is -3.80. The number of nitrogens with one attached hydrogen (secondary N) is 2. The van der Waals surface area contributed by atoms with E-state index >= 15 is 0 Å². The largest absolute Gasteiger partial charge is 0.496 e. The lowest BCUT2D eigenvalue weighted by Crippen LogP contribution is -2.66. The van der Waals surface area contributed by atoms with Crippen molar-refractivity contribution in [2.75, 3.05) is 34.0 Å². The second-order valence-electron chi connectivity index (χ2n) is 11.8. The van der Waals surface area contributed by atoms with E-state index in [4.69, 9.17) is 35.0 Å². The molecule has 2 aliphatic heterocycles. The Labute approximate surface area is 253 Å². The Morgan fingerprint density at radius 3 is 2.56 bits per heavy atom. The van der Waals surface area contributed by atoms with Crippen LogP contribution in [0.1, 0.15) is 53.2 Å². The third-order valence-corrected chi connectivity index (χ3v) is 8.94. The zero-order valence-corrected chi connectivity index (χ0v) is 25.2. The lowest BCUT2D eigenvalue weighted by atomic mass is 9.83. The number of benzene rings is 2. The molecule has 1 unspecified atom stereocenters. The summed E-state index contributed by atoms with van der Waals surface area (Å²) in [5.41, 5.74) is -0.464. The Bertz CT molecular complexity index is 1600. The van der Waals surface area contributed by atoms with Crippen LogP contribution in [-0.2, 0) is 20.8 Å². The van der Waals surface area contributed by atoms with Crippen molar-refractivity contribution in [2.24, 2.45) is 0 Å². The van der Waals surface area contributed by atoms with E-state index in [0.29, 0.717) is 58.9 Å². The molecule has 228 valence electrons. The van der Waals surface area contributed by atoms with E-state index in [-0.39, 0.29) is 42.7 Å². The average molecular weight is 612 g/mol. The van der Waals surface area contributed by atoms with Crippen molar-refractivity contribution in [1.82, 2.24) is 15.5 Å². The van der Waals surface area contributed by atoms with Gasteiger partial charge in [-0.1, -0.05) is 17.7 Å². The van der Waals surface area contributed by atoms with Gasteiger partial charge in [0.2, 0.25) is 11.7 Å². The summed E-state index contributed by atoms with van der Waals surface area (Å²) in [7, 11) is 3.16. The molecule has 3 heterocycles. The van der Waals surface area contributed by atoms with E-state index in [2.05, 4.69) is 10.6 Å². The molecule has 2 fully saturated rings. The zero-order valence-electron chi connectivity index (χ0n) is 24.5. The number of amides is 3. The molecule has 2 aromatic carbocycles. The number of methoxy groups -OCH3 is 2. The lowest BCUT2D eigenvalue weighted by Gasteiger charge is -2.48. The summed E-state index contributed by atoms with van der Waals surface area (Å²) in [4.78, 5) is 42.6. The standard InChI is InChI=1S/C31H34ClN3O8/c1-30(14-41-15-30)34-27(36)17-8-9-20-24(10-17)43-26-25(20)42-16-31(2,35(28(26)37)18-11-19(12-18)39-3)29(38)33-13-21-22(32)6-5-7-23(21)40-4/h5-10,18-19H,11-16H2,1-4H3,(H,33,38)(H,34,36). The van der Waals surface area contributed by atoms with Crippen molar-refractivity contribution in [3.8, 4) is 11.5 Å². The predicted octanol–water partition coefficient (Wildman–Crippen LogP) is 3.70. The summed E-state index contributed by atoms with van der Waals surface area (Å²) in [6.07, 6.45) is 1.10. The number of carbonyl (C=O) groups is 3. The Kier molecular flexibility index (Phi) is 7.52. The van der Waals surface area contributed by atoms with E-state index in [1.54, 1.807) is 55.3 Å². The van der Waals surface area contributed by atoms with Gasteiger partial charge in [-0.2, -0.15) is 0 Å². The van der Waals surface area contributed by atoms with E-state index < -0.39 is 22.9 Å². The molecule has 1 aliphatic carbocycles. The van der Waals surface area contributed by atoms with Crippen LogP contribution in [0.5, 0.6) is 11.5 Å². The highest BCUT2D eigenvalue weighted by molar-refractivity contribution is 6.31. The minimum absolute atomic E-state index is 0.0166. The van der Waals surface area contributed by atoms with Gasteiger partial charge in [0.1, 0.15) is 17.9 Å². The molecule has 3 amide bonds. The second-order valence-corrected chi connectivity index (χ2v) is 12.2. The van der Waals surface area contributed by atoms with Gasteiger partial charge < -0.3 is 38.9 Å². The maximum atomic E-state index is 14.2. The van der Waals surface area contributed by atoms with Crippen LogP contribution in [0.15, 0.2) is 40.8 Å². The molecule has 1 atom stereocenters. The third kappa shape index (κ3) is 5.09. The number of nitrogens with zero attached hydrogens (tertiary/aromatic N) is 1. The van der Waals surface area contributed by atoms with Gasteiger partial charge in [-0.15, -0.1) is 0 Å². The van der Waals surface area contributed by atoms with Crippen LogP contribution in [0.2, 0.25) is 5.02 Å². The van der Waals surface area contributed by atoms with Crippen molar-refractivity contribution in [3.05, 3.63) is 58.3 Å². The molecule has 1 saturated carbocycles. The molecule has 6 rings (SSSR count). The topological polar surface area (TPSA) is 129 Å². The maximum Gasteiger partial charge on any atom is 0.294 e. The third-order valence-electron chi connectivity index (χ3n) is 8.58. The summed E-state index contributed by atoms with van der Waals surface area (Å²) in [6, 6.07) is 9.91. The first kappa shape index (κ1) is 29.3. The highest BCUT2D eigenvalue weighted by Gasteiger charge is 2.53. The van der Waals surface area contributed by atoms with Crippen LogP contribution in [-0.4, -0.2) is 79.9 Å². The zero-order chi connectivity index (χ0) is 30.5. The number of furan rings is 1. The monoisotopic (exact) mass is 611 g/mol. The first-order valence-corrected chi connectivity index (χ1v) is 14.5. The Balaban J connectivity index is 1.30. The van der Waals surface area contributed by atoms with Crippen molar-refractivity contribution in [3.63, 3.8) is 0 Å². The highest BCUT2D eigenvalue weighted by Crippen LogP contribution is 2.42. The molecule has 11 nitrogen and oxygen atoms in total. The fourth-order valence-corrected chi connectivity index (χ4v) is 6.12. The molecule has 3 aliphatic rings. The van der Waals surface area contributed by atoms with Crippen molar-refractivity contribution in [1.29, 1.82) is 0 Å². The molecule has 0 radical (unpaired) electrons. The summed E-state index contributed by atoms with van der Waals surface area (Å²) in [5.74, 6) is -0.390. The van der Waals surface area contributed by atoms with Crippen LogP contribution >= 0.6 is 11.6 Å². The molecule has 1 saturated heterocycles. The van der Waals surface area contributed by atoms with E-state index in [9.17, 15) is 14.4 Å². The number of carbonyl (C=O) groups excluding carboxylic acids is 3. The van der Waals surface area contributed by atoms with Crippen LogP contribution < -0.4 is 20.1 Å². The maximum absolute atomic E-state index is 14.2. The predicted molar refractivity (Wildman–Crippen MR) is 157 cm³/mol. The van der Waals surface area contributed by atoms with Gasteiger partial charge in [0.05, 0.1) is 37.4 Å². The summed E-state index contributed by atoms with van der Waals surface area (Å²) in [6.45, 7) is 4.45. The number of hydrogen-bond donors (Lipinski definition) is 2. The van der Waals surface area contributed by atoms with Gasteiger partial charge in [-0.3, -0.25) is 14.4 Å². The number of fused-ring (bicyclic) bond motifs is 3. The van der Waals surface area contributed by atoms with Gasteiger partial charge in [-0.25, -0.2) is 0 Å². The Morgan fingerprint density at radius 2 is 1.88 bits per heavy atom. The molecular formula is C31H34ClN3O8. The van der Waals surface area contributed by atoms with E-state index in [1.807, 2.05) is 6.92 Å². The second kappa shape index (κ2) is 11.0. The fourth-order valence-electron chi connectivity index (χ4n) is 5.89. The first-order valence-electron chi connectivity index (χ1n) is 14.1. The highest BCUT2D eigenvalue weighted by atomic mass is 35.5. The van der Waals surface area contributed by atoms with Crippen molar-refractivity contribution in [2.45, 2.75) is 56.5 Å². The van der Waals surface area contributed by atoms with Gasteiger partial charge >= 0.3 is 0 Å². The Morgan fingerprint density at radius 1 is 1.12 bits per heavy atom. The van der Waals surface area contributed by atoms with Gasteiger partial charge in [-0.05, 0) is 57.0 Å². The number of ether oxygens (including phenoxy) is 4. The van der Waals surface area contributed by atoms with E-state index in [0.717, 1.165) is 0 Å². The average Bonchev–Trinajstić information content (AvgIpc) is 3.28. The van der Waals surface area contributed by atoms with E-state index in [1.165, 1.54) is 7.11 Å². The fraction of sp³-hybridized carbons (Fsp3) is 0.452. The minimum Gasteiger partial charge on any atom is -0.496 e. The molecule has 0 bridgehead atoms. The van der Waals surface area contributed by atoms with Crippen LogP contribution in [0.3, 0.4) is 0 Å². The number of hydrogen-bond acceptors (Lipinski definition) is 8. The van der Waals surface area contributed by atoms with Crippen molar-refractivity contribution < 1.29 is 37.7 Å². The van der Waals surface area contributed by atoms with Crippen LogP contribution in [0.25, 0.3) is 11.0 Å². The summed E-state index contributed by atoms with van der Waals surface area (Å²) < 4.78 is 28.4. The molecule has 12 heteroatoms. The van der Waals surface area contributed by atoms with Gasteiger partial charge in [0.25, 0.3) is 11.8 Å². The molecule has 0 spiro atoms. The SMILES string of the molecule is COc1cccc(Cl)c1CNC(=O)C1(C)COc2c(oc3cc(C(=O)NC4(C)COC4)ccc23)C(=O)N1C1CC(OC)C1. The summed E-state index contributed by atoms with van der Waals surface area (Å²) >= 11 is 6.40. The lowest BCUT2D eigenvalue weighted by molar-refractivity contribution is -0.138. The molecule has 43 heavy (non-hydrogen) atoms. The van der Waals surface area contributed by atoms with Crippen molar-refractivity contribution >= 4 is 40.3 Å². The molecule has 3 aromatic rings. The molecule has 2 N–H and O–H groups in total. The molecular weight excluding hydrogens is 578 g/mol. The van der Waals surface area contributed by atoms with Crippen LogP contribution in [0, 0.1) is 0 Å². The normalized spacial score (nSPS) is 24.2. The van der Waals surface area contributed by atoms with Gasteiger partial charge in [0.15, 0.2) is 11.3 Å². The quantitative estimate of drug-likeness (QED) is 0.395.